The molecule has 1 atom stereocenters. The highest BCUT2D eigenvalue weighted by Gasteiger charge is 2.20. The van der Waals surface area contributed by atoms with Crippen LogP contribution in [0.15, 0.2) is 24.3 Å². The van der Waals surface area contributed by atoms with E-state index in [9.17, 15) is 15.2 Å². The molecule has 0 radical (unpaired) electrons. The Labute approximate surface area is 94.1 Å². The molecule has 1 N–H and O–H groups in total. The van der Waals surface area contributed by atoms with Gasteiger partial charge in [-0.3, -0.25) is 10.1 Å². The van der Waals surface area contributed by atoms with Gasteiger partial charge in [-0.25, -0.2) is 0 Å². The Hall–Kier alpha value is -1.42. The second kappa shape index (κ2) is 4.61. The summed E-state index contributed by atoms with van der Waals surface area (Å²) in [6.07, 6.45) is 2.76. The second-order valence-corrected chi connectivity index (χ2v) is 4.33. The Balaban J connectivity index is 2.03. The summed E-state index contributed by atoms with van der Waals surface area (Å²) in [6.45, 7) is -0.428. The Morgan fingerprint density at radius 2 is 2.00 bits per heavy atom. The maximum absolute atomic E-state index is 10.3. The van der Waals surface area contributed by atoms with E-state index in [4.69, 9.17) is 0 Å². The molecule has 1 aliphatic rings. The van der Waals surface area contributed by atoms with Gasteiger partial charge in [0.2, 0.25) is 6.54 Å². The minimum Gasteiger partial charge on any atom is -0.382 e. The summed E-state index contributed by atoms with van der Waals surface area (Å²) in [6, 6.07) is 7.54. The molecule has 1 aromatic rings. The van der Waals surface area contributed by atoms with Gasteiger partial charge in [-0.1, -0.05) is 30.7 Å². The zero-order valence-electron chi connectivity index (χ0n) is 9.00. The van der Waals surface area contributed by atoms with Crippen LogP contribution in [0.5, 0.6) is 0 Å². The van der Waals surface area contributed by atoms with Crippen molar-refractivity contribution in [3.05, 3.63) is 45.5 Å². The molecule has 0 amide bonds. The highest BCUT2D eigenvalue weighted by molar-refractivity contribution is 5.27. The van der Waals surface area contributed by atoms with Crippen LogP contribution in [0.2, 0.25) is 0 Å². The van der Waals surface area contributed by atoms with Gasteiger partial charge in [-0.15, -0.1) is 0 Å². The number of aliphatic hydroxyl groups is 1. The van der Waals surface area contributed by atoms with E-state index in [1.807, 2.05) is 12.1 Å². The van der Waals surface area contributed by atoms with Crippen LogP contribution in [0.3, 0.4) is 0 Å². The average molecular weight is 221 g/mol. The van der Waals surface area contributed by atoms with Crippen molar-refractivity contribution < 1.29 is 10.0 Å². The highest BCUT2D eigenvalue weighted by Crippen LogP contribution is 2.36. The molecule has 86 valence electrons. The van der Waals surface area contributed by atoms with Crippen LogP contribution in [-0.4, -0.2) is 16.6 Å². The van der Waals surface area contributed by atoms with Crippen LogP contribution in [0, 0.1) is 10.1 Å². The number of rotatable bonds is 4. The van der Waals surface area contributed by atoms with Crippen LogP contribution in [0.25, 0.3) is 0 Å². The summed E-state index contributed by atoms with van der Waals surface area (Å²) in [5, 5.41) is 19.8. The van der Waals surface area contributed by atoms with E-state index in [0.717, 1.165) is 0 Å². The molecule has 4 heteroatoms. The lowest BCUT2D eigenvalue weighted by Crippen LogP contribution is -2.12. The lowest BCUT2D eigenvalue weighted by molar-refractivity contribution is -0.491. The Morgan fingerprint density at radius 3 is 2.44 bits per heavy atom. The smallest absolute Gasteiger partial charge is 0.233 e. The van der Waals surface area contributed by atoms with Gasteiger partial charge >= 0.3 is 0 Å². The van der Waals surface area contributed by atoms with E-state index in [1.165, 1.54) is 24.8 Å². The predicted molar refractivity (Wildman–Crippen MR) is 59.9 cm³/mol. The first-order valence-electron chi connectivity index (χ1n) is 5.56. The Kier molecular flexibility index (Phi) is 3.19. The van der Waals surface area contributed by atoms with E-state index in [0.29, 0.717) is 11.5 Å². The SMILES string of the molecule is O=[N+]([O-])CC(O)c1ccc(C2CCC2)cc1. The Bertz CT molecular complexity index is 370. The zero-order chi connectivity index (χ0) is 11.5. The van der Waals surface area contributed by atoms with Crippen LogP contribution >= 0.6 is 0 Å². The lowest BCUT2D eigenvalue weighted by atomic mass is 9.80. The second-order valence-electron chi connectivity index (χ2n) is 4.33. The molecule has 0 aromatic heterocycles. The summed E-state index contributed by atoms with van der Waals surface area (Å²) >= 11 is 0. The summed E-state index contributed by atoms with van der Waals surface area (Å²) in [7, 11) is 0. The van der Waals surface area contributed by atoms with E-state index < -0.39 is 17.6 Å². The van der Waals surface area contributed by atoms with Crippen molar-refractivity contribution in [3.63, 3.8) is 0 Å². The molecule has 4 nitrogen and oxygen atoms in total. The molecule has 1 saturated carbocycles. The monoisotopic (exact) mass is 221 g/mol. The molecular formula is C12H15NO3. The number of hydrogen-bond donors (Lipinski definition) is 1. The third kappa shape index (κ3) is 2.39. The number of aliphatic hydroxyl groups excluding tert-OH is 1. The summed E-state index contributed by atoms with van der Waals surface area (Å²) in [5.41, 5.74) is 1.91. The third-order valence-corrected chi connectivity index (χ3v) is 3.22. The van der Waals surface area contributed by atoms with Gasteiger partial charge in [-0.2, -0.15) is 0 Å². The molecule has 1 unspecified atom stereocenters. The quantitative estimate of drug-likeness (QED) is 0.626. The van der Waals surface area contributed by atoms with E-state index in [1.54, 1.807) is 12.1 Å². The maximum Gasteiger partial charge on any atom is 0.233 e. The van der Waals surface area contributed by atoms with Crippen LogP contribution < -0.4 is 0 Å². The van der Waals surface area contributed by atoms with Gasteiger partial charge in [-0.05, 0) is 29.9 Å². The van der Waals surface area contributed by atoms with Gasteiger partial charge < -0.3 is 5.11 Å². The largest absolute Gasteiger partial charge is 0.382 e. The standard InChI is InChI=1S/C12H15NO3/c14-12(8-13(15)16)11-6-4-10(5-7-11)9-2-1-3-9/h4-7,9,12,14H,1-3,8H2. The van der Waals surface area contributed by atoms with Crippen molar-refractivity contribution in [2.45, 2.75) is 31.3 Å². The molecule has 1 fully saturated rings. The van der Waals surface area contributed by atoms with Gasteiger partial charge in [0, 0.05) is 4.92 Å². The molecule has 0 bridgehead atoms. The fourth-order valence-corrected chi connectivity index (χ4v) is 1.98. The number of nitrogens with zero attached hydrogens (tertiary/aromatic N) is 1. The van der Waals surface area contributed by atoms with Crippen molar-refractivity contribution in [2.24, 2.45) is 0 Å². The van der Waals surface area contributed by atoms with Gasteiger partial charge in [0.15, 0.2) is 0 Å². The minimum atomic E-state index is -0.995. The molecule has 0 heterocycles. The van der Waals surface area contributed by atoms with Crippen molar-refractivity contribution in [2.75, 3.05) is 6.54 Å². The van der Waals surface area contributed by atoms with Crippen molar-refractivity contribution in [1.29, 1.82) is 0 Å². The van der Waals surface area contributed by atoms with Crippen molar-refractivity contribution in [3.8, 4) is 0 Å². The maximum atomic E-state index is 10.3. The molecule has 0 saturated heterocycles. The summed E-state index contributed by atoms with van der Waals surface area (Å²) < 4.78 is 0. The van der Waals surface area contributed by atoms with Gasteiger partial charge in [0.25, 0.3) is 0 Å². The van der Waals surface area contributed by atoms with Crippen molar-refractivity contribution >= 4 is 0 Å². The van der Waals surface area contributed by atoms with Gasteiger partial charge in [0.1, 0.15) is 6.10 Å². The molecule has 1 aromatic carbocycles. The van der Waals surface area contributed by atoms with Crippen LogP contribution in [-0.2, 0) is 0 Å². The lowest BCUT2D eigenvalue weighted by Gasteiger charge is -2.25. The number of hydrogen-bond acceptors (Lipinski definition) is 3. The van der Waals surface area contributed by atoms with E-state index >= 15 is 0 Å². The molecule has 0 spiro atoms. The first kappa shape index (κ1) is 11.1. The van der Waals surface area contributed by atoms with E-state index in [2.05, 4.69) is 0 Å². The van der Waals surface area contributed by atoms with E-state index in [-0.39, 0.29) is 0 Å². The fourth-order valence-electron chi connectivity index (χ4n) is 1.98. The highest BCUT2D eigenvalue weighted by atomic mass is 16.6. The van der Waals surface area contributed by atoms with Crippen molar-refractivity contribution in [1.82, 2.24) is 0 Å². The average Bonchev–Trinajstić information content (AvgIpc) is 2.15. The topological polar surface area (TPSA) is 63.4 Å². The first-order valence-corrected chi connectivity index (χ1v) is 5.56. The van der Waals surface area contributed by atoms with Crippen LogP contribution in [0.4, 0.5) is 0 Å². The molecule has 16 heavy (non-hydrogen) atoms. The molecule has 1 aliphatic carbocycles. The number of nitro groups is 1. The first-order chi connectivity index (χ1) is 7.66. The summed E-state index contributed by atoms with van der Waals surface area (Å²) in [5.74, 6) is 0.654. The van der Waals surface area contributed by atoms with Crippen LogP contribution in [0.1, 0.15) is 42.4 Å². The Morgan fingerprint density at radius 1 is 1.38 bits per heavy atom. The summed E-state index contributed by atoms with van der Waals surface area (Å²) in [4.78, 5) is 9.76. The predicted octanol–water partition coefficient (Wildman–Crippen LogP) is 2.26. The minimum absolute atomic E-state index is 0.428. The third-order valence-electron chi connectivity index (χ3n) is 3.22. The molecule has 2 rings (SSSR count). The molecular weight excluding hydrogens is 206 g/mol. The zero-order valence-corrected chi connectivity index (χ0v) is 9.00. The molecule has 0 aliphatic heterocycles. The van der Waals surface area contributed by atoms with Gasteiger partial charge in [0.05, 0.1) is 0 Å². The number of benzene rings is 1. The fraction of sp³-hybridized carbons (Fsp3) is 0.500. The normalized spacial score (nSPS) is 17.8.